The largest absolute Gasteiger partial charge is 0.325 e. The van der Waals surface area contributed by atoms with Crippen molar-refractivity contribution >= 4 is 21.4 Å². The van der Waals surface area contributed by atoms with Crippen LogP contribution in [-0.4, -0.2) is 19.1 Å². The molecule has 6 heteroatoms. The lowest BCUT2D eigenvalue weighted by molar-refractivity contribution is -0.118. The van der Waals surface area contributed by atoms with Gasteiger partial charge in [-0.3, -0.25) is 4.79 Å². The zero-order valence-electron chi connectivity index (χ0n) is 15.5. The van der Waals surface area contributed by atoms with Gasteiger partial charge in [-0.25, -0.2) is 8.42 Å². The van der Waals surface area contributed by atoms with Gasteiger partial charge >= 0.3 is 0 Å². The molecule has 5 nitrogen and oxygen atoms in total. The molecule has 0 saturated heterocycles. The molecule has 0 atom stereocenters. The van der Waals surface area contributed by atoms with Gasteiger partial charge in [0.1, 0.15) is 0 Å². The summed E-state index contributed by atoms with van der Waals surface area (Å²) < 4.78 is 25.4. The second kappa shape index (κ2) is 7.16. The summed E-state index contributed by atoms with van der Waals surface area (Å²) in [6.45, 7) is 3.79. The summed E-state index contributed by atoms with van der Waals surface area (Å²) >= 11 is 0. The molecule has 1 amide bonds. The Bertz CT molecular complexity index is 1010. The molecule has 0 bridgehead atoms. The van der Waals surface area contributed by atoms with Crippen LogP contribution in [0.1, 0.15) is 42.4 Å². The molecule has 0 heterocycles. The van der Waals surface area contributed by atoms with E-state index in [4.69, 9.17) is 5.26 Å². The Morgan fingerprint density at radius 1 is 1.04 bits per heavy atom. The number of anilines is 1. The summed E-state index contributed by atoms with van der Waals surface area (Å²) in [5.41, 5.74) is 2.86. The molecule has 140 valence electrons. The highest BCUT2D eigenvalue weighted by Crippen LogP contribution is 2.41. The summed E-state index contributed by atoms with van der Waals surface area (Å²) in [5, 5.41) is 11.6. The molecule has 2 aromatic carbocycles. The molecule has 1 saturated carbocycles. The Kier molecular flexibility index (Phi) is 5.07. The minimum Gasteiger partial charge on any atom is -0.325 e. The van der Waals surface area contributed by atoms with Crippen molar-refractivity contribution in [2.24, 2.45) is 0 Å². The lowest BCUT2D eigenvalue weighted by Gasteiger charge is -2.28. The van der Waals surface area contributed by atoms with E-state index < -0.39 is 20.5 Å². The van der Waals surface area contributed by atoms with Gasteiger partial charge in [0.25, 0.3) is 0 Å². The summed E-state index contributed by atoms with van der Waals surface area (Å²) in [6, 6.07) is 13.5. The minimum absolute atomic E-state index is 0.197. The second-order valence-corrected chi connectivity index (χ2v) is 9.35. The average Bonchev–Trinajstić information content (AvgIpc) is 3.16. The fourth-order valence-electron chi connectivity index (χ4n) is 3.54. The van der Waals surface area contributed by atoms with Gasteiger partial charge in [0, 0.05) is 5.69 Å². The van der Waals surface area contributed by atoms with Crippen LogP contribution in [0.4, 0.5) is 5.69 Å². The molecule has 3 rings (SSSR count). The molecule has 2 aromatic rings. The van der Waals surface area contributed by atoms with Gasteiger partial charge in [-0.15, -0.1) is 0 Å². The van der Waals surface area contributed by atoms with E-state index in [1.807, 2.05) is 19.9 Å². The summed E-state index contributed by atoms with van der Waals surface area (Å²) in [4.78, 5) is 13.3. The van der Waals surface area contributed by atoms with Crippen molar-refractivity contribution in [1.82, 2.24) is 0 Å². The van der Waals surface area contributed by atoms with E-state index in [1.54, 1.807) is 42.5 Å². The highest BCUT2D eigenvalue weighted by Gasteiger charge is 2.53. The van der Waals surface area contributed by atoms with Gasteiger partial charge in [-0.05, 0) is 74.2 Å². The van der Waals surface area contributed by atoms with Crippen LogP contribution in [0, 0.1) is 25.2 Å². The van der Waals surface area contributed by atoms with Gasteiger partial charge in [-0.2, -0.15) is 5.26 Å². The molecule has 0 unspecified atom stereocenters. The first-order valence-electron chi connectivity index (χ1n) is 8.94. The SMILES string of the molecule is Cc1ccc(S(=O)(=O)C2(C(=O)Nc3ccc(C#N)cc3)CCCC2)cc1C. The van der Waals surface area contributed by atoms with Crippen LogP contribution < -0.4 is 5.32 Å². The highest BCUT2D eigenvalue weighted by molar-refractivity contribution is 7.93. The summed E-state index contributed by atoms with van der Waals surface area (Å²) in [6.07, 6.45) is 2.02. The molecule has 27 heavy (non-hydrogen) atoms. The van der Waals surface area contributed by atoms with Gasteiger partial charge in [-0.1, -0.05) is 18.9 Å². The lowest BCUT2D eigenvalue weighted by Crippen LogP contribution is -2.47. The first-order chi connectivity index (χ1) is 12.8. The minimum atomic E-state index is -3.84. The molecule has 0 aromatic heterocycles. The number of hydrogen-bond donors (Lipinski definition) is 1. The molecular formula is C21H22N2O3S. The zero-order valence-corrected chi connectivity index (χ0v) is 16.3. The fourth-order valence-corrected chi connectivity index (χ4v) is 5.70. The number of nitrogens with zero attached hydrogens (tertiary/aromatic N) is 1. The van der Waals surface area contributed by atoms with Crippen LogP contribution in [-0.2, 0) is 14.6 Å². The van der Waals surface area contributed by atoms with E-state index in [0.29, 0.717) is 36.9 Å². The number of amides is 1. The van der Waals surface area contributed by atoms with Crippen LogP contribution in [0.3, 0.4) is 0 Å². The van der Waals surface area contributed by atoms with E-state index >= 15 is 0 Å². The molecule has 1 fully saturated rings. The maximum Gasteiger partial charge on any atom is 0.246 e. The van der Waals surface area contributed by atoms with Crippen molar-refractivity contribution in [2.45, 2.75) is 49.2 Å². The predicted octanol–water partition coefficient (Wildman–Crippen LogP) is 3.90. The number of carbonyl (C=O) groups excluding carboxylic acids is 1. The van der Waals surface area contributed by atoms with Gasteiger partial charge < -0.3 is 5.32 Å². The normalized spacial score (nSPS) is 15.9. The quantitative estimate of drug-likeness (QED) is 0.869. The number of hydrogen-bond acceptors (Lipinski definition) is 4. The van der Waals surface area contributed by atoms with Gasteiger partial charge in [0.05, 0.1) is 16.5 Å². The van der Waals surface area contributed by atoms with Crippen molar-refractivity contribution in [2.75, 3.05) is 5.32 Å². The summed E-state index contributed by atoms with van der Waals surface area (Å²) in [7, 11) is -3.84. The Labute approximate surface area is 159 Å². The second-order valence-electron chi connectivity index (χ2n) is 7.09. The molecule has 0 radical (unpaired) electrons. The number of sulfone groups is 1. The number of nitrogens with one attached hydrogen (secondary N) is 1. The number of nitriles is 1. The van der Waals surface area contributed by atoms with Crippen LogP contribution in [0.15, 0.2) is 47.4 Å². The monoisotopic (exact) mass is 382 g/mol. The van der Waals surface area contributed by atoms with Crippen LogP contribution in [0.25, 0.3) is 0 Å². The first kappa shape index (κ1) is 19.1. The van der Waals surface area contributed by atoms with Crippen molar-refractivity contribution in [3.8, 4) is 6.07 Å². The Morgan fingerprint density at radius 2 is 1.67 bits per heavy atom. The zero-order chi connectivity index (χ0) is 19.7. The van der Waals surface area contributed by atoms with Crippen molar-refractivity contribution in [3.05, 3.63) is 59.2 Å². The smallest absolute Gasteiger partial charge is 0.246 e. The van der Waals surface area contributed by atoms with E-state index in [2.05, 4.69) is 5.32 Å². The van der Waals surface area contributed by atoms with Crippen molar-refractivity contribution < 1.29 is 13.2 Å². The van der Waals surface area contributed by atoms with Crippen LogP contribution in [0.2, 0.25) is 0 Å². The van der Waals surface area contributed by atoms with Crippen LogP contribution in [0.5, 0.6) is 0 Å². The lowest BCUT2D eigenvalue weighted by atomic mass is 10.1. The Balaban J connectivity index is 1.97. The molecule has 0 aliphatic heterocycles. The fraction of sp³-hybridized carbons (Fsp3) is 0.333. The Hall–Kier alpha value is -2.65. The molecule has 1 N–H and O–H groups in total. The van der Waals surface area contributed by atoms with Gasteiger partial charge in [0.2, 0.25) is 5.91 Å². The number of aryl methyl sites for hydroxylation is 2. The van der Waals surface area contributed by atoms with E-state index in [1.165, 1.54) is 0 Å². The maximum absolute atomic E-state index is 13.4. The van der Waals surface area contributed by atoms with E-state index in [0.717, 1.165) is 11.1 Å². The number of carbonyl (C=O) groups is 1. The molecule has 1 aliphatic rings. The van der Waals surface area contributed by atoms with Gasteiger partial charge in [0.15, 0.2) is 14.6 Å². The third-order valence-electron chi connectivity index (χ3n) is 5.40. The summed E-state index contributed by atoms with van der Waals surface area (Å²) in [5.74, 6) is -0.497. The molecular weight excluding hydrogens is 360 g/mol. The van der Waals surface area contributed by atoms with Crippen molar-refractivity contribution in [3.63, 3.8) is 0 Å². The Morgan fingerprint density at radius 3 is 2.22 bits per heavy atom. The number of benzene rings is 2. The molecule has 1 aliphatic carbocycles. The van der Waals surface area contributed by atoms with Crippen molar-refractivity contribution in [1.29, 1.82) is 5.26 Å². The highest BCUT2D eigenvalue weighted by atomic mass is 32.2. The van der Waals surface area contributed by atoms with Crippen LogP contribution >= 0.6 is 0 Å². The third kappa shape index (κ3) is 3.35. The topological polar surface area (TPSA) is 87.0 Å². The third-order valence-corrected chi connectivity index (χ3v) is 7.90. The maximum atomic E-state index is 13.4. The first-order valence-corrected chi connectivity index (χ1v) is 10.4. The number of rotatable bonds is 4. The van der Waals surface area contributed by atoms with E-state index in [9.17, 15) is 13.2 Å². The van der Waals surface area contributed by atoms with E-state index in [-0.39, 0.29) is 4.90 Å². The average molecular weight is 382 g/mol. The standard InChI is InChI=1S/C21H22N2O3S/c1-15-5-10-19(13-16(15)2)27(25,26)21(11-3-4-12-21)20(24)23-18-8-6-17(14-22)7-9-18/h5-10,13H,3-4,11-12H2,1-2H3,(H,23,24). The predicted molar refractivity (Wildman–Crippen MR) is 104 cm³/mol. The molecule has 0 spiro atoms.